The summed E-state index contributed by atoms with van der Waals surface area (Å²) in [5.74, 6) is -5.07. The highest BCUT2D eigenvalue weighted by Gasteiger charge is 2.29. The first-order valence-corrected chi connectivity index (χ1v) is 8.13. The summed E-state index contributed by atoms with van der Waals surface area (Å²) < 4.78 is 23.4. The monoisotopic (exact) mass is 323 g/mol. The van der Waals surface area contributed by atoms with Gasteiger partial charge in [0.05, 0.1) is 16.9 Å². The molecule has 0 aromatic carbocycles. The van der Waals surface area contributed by atoms with Crippen molar-refractivity contribution in [3.63, 3.8) is 0 Å². The van der Waals surface area contributed by atoms with Crippen LogP contribution < -0.4 is 5.73 Å². The predicted octanol–water partition coefficient (Wildman–Crippen LogP) is -0.338. The molecule has 4 N–H and O–H groups in total. The van der Waals surface area contributed by atoms with Crippen LogP contribution >= 0.6 is 0 Å². The van der Waals surface area contributed by atoms with E-state index in [4.69, 9.17) is 15.9 Å². The van der Waals surface area contributed by atoms with Gasteiger partial charge in [0, 0.05) is 12.8 Å². The third kappa shape index (κ3) is 7.19. The van der Waals surface area contributed by atoms with Crippen LogP contribution in [0.4, 0.5) is 0 Å². The quantitative estimate of drug-likeness (QED) is 0.494. The Kier molecular flexibility index (Phi) is 7.51. The third-order valence-corrected chi connectivity index (χ3v) is 5.33. The molecule has 0 heterocycles. The normalized spacial score (nSPS) is 14.7. The first kappa shape index (κ1) is 19.5. The fraction of sp³-hybridized carbons (Fsp3) is 0.750. The maximum absolute atomic E-state index is 11.7. The standard InChI is InChI=1S/C12H21NO7S/c1-7(2)21(19,20)6-8(11(15)16)5-9(14)3-4-10(13)12(17)18/h7-8,10H,3-6,13H2,1-2H3,(H,15,16)(H,17,18)/t8-,10?/m0/s1. The van der Waals surface area contributed by atoms with Crippen molar-refractivity contribution in [1.29, 1.82) is 0 Å². The van der Waals surface area contributed by atoms with Gasteiger partial charge in [0.1, 0.15) is 11.8 Å². The Morgan fingerprint density at radius 1 is 1.10 bits per heavy atom. The zero-order valence-corrected chi connectivity index (χ0v) is 12.8. The van der Waals surface area contributed by atoms with Gasteiger partial charge in [-0.25, -0.2) is 8.42 Å². The number of aliphatic carboxylic acids is 2. The molecule has 0 saturated carbocycles. The molecular weight excluding hydrogens is 302 g/mol. The maximum atomic E-state index is 11.7. The van der Waals surface area contributed by atoms with Crippen molar-refractivity contribution in [2.75, 3.05) is 5.75 Å². The number of carboxylic acids is 2. The van der Waals surface area contributed by atoms with Crippen LogP contribution in [0.3, 0.4) is 0 Å². The first-order chi connectivity index (χ1) is 9.47. The van der Waals surface area contributed by atoms with Gasteiger partial charge in [-0.3, -0.25) is 14.4 Å². The molecule has 0 aliphatic heterocycles. The fourth-order valence-corrected chi connectivity index (χ4v) is 2.71. The number of ketones is 1. The van der Waals surface area contributed by atoms with Crippen molar-refractivity contribution in [2.45, 2.75) is 44.4 Å². The molecule has 0 bridgehead atoms. The van der Waals surface area contributed by atoms with Crippen molar-refractivity contribution in [2.24, 2.45) is 11.7 Å². The fourth-order valence-electron chi connectivity index (χ4n) is 1.51. The van der Waals surface area contributed by atoms with Crippen LogP contribution in [0.5, 0.6) is 0 Å². The minimum atomic E-state index is -3.58. The average molecular weight is 323 g/mol. The van der Waals surface area contributed by atoms with Crippen LogP contribution in [-0.2, 0) is 24.2 Å². The van der Waals surface area contributed by atoms with Gasteiger partial charge < -0.3 is 15.9 Å². The number of rotatable bonds is 10. The molecule has 0 aromatic rings. The van der Waals surface area contributed by atoms with E-state index in [0.29, 0.717) is 0 Å². The van der Waals surface area contributed by atoms with Gasteiger partial charge >= 0.3 is 11.9 Å². The molecule has 9 heteroatoms. The molecule has 0 radical (unpaired) electrons. The van der Waals surface area contributed by atoms with Crippen LogP contribution in [0.25, 0.3) is 0 Å². The maximum Gasteiger partial charge on any atom is 0.320 e. The lowest BCUT2D eigenvalue weighted by Gasteiger charge is -2.14. The molecule has 0 rings (SSSR count). The summed E-state index contributed by atoms with van der Waals surface area (Å²) in [5.41, 5.74) is 5.23. The van der Waals surface area contributed by atoms with E-state index in [2.05, 4.69) is 0 Å². The van der Waals surface area contributed by atoms with Crippen molar-refractivity contribution < 1.29 is 33.0 Å². The van der Waals surface area contributed by atoms with Crippen LogP contribution in [0.15, 0.2) is 0 Å². The third-order valence-electron chi connectivity index (χ3n) is 3.03. The number of nitrogens with two attached hydrogens (primary N) is 1. The lowest BCUT2D eigenvalue weighted by Crippen LogP contribution is -2.32. The molecule has 0 amide bonds. The molecule has 0 fully saturated rings. The summed E-state index contributed by atoms with van der Waals surface area (Å²) >= 11 is 0. The van der Waals surface area contributed by atoms with Gasteiger partial charge in [-0.15, -0.1) is 0 Å². The molecule has 0 aliphatic carbocycles. The summed E-state index contributed by atoms with van der Waals surface area (Å²) in [6, 6.07) is -1.20. The highest BCUT2D eigenvalue weighted by Crippen LogP contribution is 2.14. The largest absolute Gasteiger partial charge is 0.481 e. The number of carboxylic acid groups (broad SMARTS) is 2. The van der Waals surface area contributed by atoms with Crippen LogP contribution in [0.1, 0.15) is 33.1 Å². The zero-order valence-electron chi connectivity index (χ0n) is 12.0. The molecule has 21 heavy (non-hydrogen) atoms. The van der Waals surface area contributed by atoms with Crippen molar-refractivity contribution in [3.05, 3.63) is 0 Å². The number of hydrogen-bond donors (Lipinski definition) is 3. The summed E-state index contributed by atoms with van der Waals surface area (Å²) in [5, 5.41) is 16.8. The molecule has 2 atom stereocenters. The van der Waals surface area contributed by atoms with Gasteiger partial charge in [0.2, 0.25) is 0 Å². The Balaban J connectivity index is 4.63. The number of sulfone groups is 1. The van der Waals surface area contributed by atoms with Gasteiger partial charge in [-0.1, -0.05) is 0 Å². The van der Waals surface area contributed by atoms with Crippen molar-refractivity contribution in [1.82, 2.24) is 0 Å². The highest BCUT2D eigenvalue weighted by atomic mass is 32.2. The summed E-state index contributed by atoms with van der Waals surface area (Å²) in [4.78, 5) is 33.2. The smallest absolute Gasteiger partial charge is 0.320 e. The molecule has 0 saturated heterocycles. The van der Waals surface area contributed by atoms with E-state index < -0.39 is 56.9 Å². The van der Waals surface area contributed by atoms with Crippen LogP contribution in [-0.4, -0.2) is 53.4 Å². The SMILES string of the molecule is CC(C)S(=O)(=O)C[C@H](CC(=O)CCC(N)C(=O)O)C(=O)O. The lowest BCUT2D eigenvalue weighted by molar-refractivity contribution is -0.143. The molecule has 8 nitrogen and oxygen atoms in total. The summed E-state index contributed by atoms with van der Waals surface area (Å²) in [7, 11) is -3.58. The van der Waals surface area contributed by atoms with Gasteiger partial charge in [0.15, 0.2) is 9.84 Å². The molecule has 0 spiro atoms. The van der Waals surface area contributed by atoms with Crippen LogP contribution in [0.2, 0.25) is 0 Å². The summed E-state index contributed by atoms with van der Waals surface area (Å²) in [6.07, 6.45) is -0.760. The zero-order chi connectivity index (χ0) is 16.8. The minimum Gasteiger partial charge on any atom is -0.481 e. The van der Waals surface area contributed by atoms with E-state index in [-0.39, 0.29) is 12.8 Å². The van der Waals surface area contributed by atoms with Crippen LogP contribution in [0, 0.1) is 5.92 Å². The van der Waals surface area contributed by atoms with E-state index in [1.165, 1.54) is 13.8 Å². The van der Waals surface area contributed by atoms with E-state index in [9.17, 15) is 22.8 Å². The highest BCUT2D eigenvalue weighted by molar-refractivity contribution is 7.92. The van der Waals surface area contributed by atoms with Gasteiger partial charge in [-0.2, -0.15) is 0 Å². The van der Waals surface area contributed by atoms with E-state index in [1.807, 2.05) is 0 Å². The van der Waals surface area contributed by atoms with Gasteiger partial charge in [-0.05, 0) is 20.3 Å². The second-order valence-electron chi connectivity index (χ2n) is 5.14. The molecule has 0 aromatic heterocycles. The second kappa shape index (κ2) is 8.08. The lowest BCUT2D eigenvalue weighted by atomic mass is 10.0. The Labute approximate surface area is 123 Å². The first-order valence-electron chi connectivity index (χ1n) is 6.41. The van der Waals surface area contributed by atoms with Gasteiger partial charge in [0.25, 0.3) is 0 Å². The van der Waals surface area contributed by atoms with E-state index in [1.54, 1.807) is 0 Å². The average Bonchev–Trinajstić information content (AvgIpc) is 2.34. The molecule has 1 unspecified atom stereocenters. The van der Waals surface area contributed by atoms with Crippen molar-refractivity contribution >= 4 is 27.6 Å². The minimum absolute atomic E-state index is 0.114. The molecule has 0 aliphatic rings. The Morgan fingerprint density at radius 2 is 1.62 bits per heavy atom. The van der Waals surface area contributed by atoms with Crippen molar-refractivity contribution in [3.8, 4) is 0 Å². The number of Topliss-reactive ketones (excluding diaryl/α,β-unsaturated/α-hetero) is 1. The predicted molar refractivity (Wildman–Crippen MR) is 74.5 cm³/mol. The van der Waals surface area contributed by atoms with E-state index in [0.717, 1.165) is 0 Å². The number of carbonyl (C=O) groups excluding carboxylic acids is 1. The summed E-state index contributed by atoms with van der Waals surface area (Å²) in [6.45, 7) is 2.86. The number of hydrogen-bond acceptors (Lipinski definition) is 6. The second-order valence-corrected chi connectivity index (χ2v) is 7.74. The topological polar surface area (TPSA) is 152 Å². The van der Waals surface area contributed by atoms with E-state index >= 15 is 0 Å². The Hall–Kier alpha value is -1.48. The molecule has 122 valence electrons. The molecular formula is C12H21NO7S. The Morgan fingerprint density at radius 3 is 2.00 bits per heavy atom. The number of carbonyl (C=O) groups is 3. The Bertz CT molecular complexity index is 498.